The van der Waals surface area contributed by atoms with Gasteiger partial charge in [-0.15, -0.1) is 0 Å². The molecule has 1 heterocycles. The highest BCUT2D eigenvalue weighted by atomic mass is 32.2. The molecule has 0 aliphatic heterocycles. The largest absolute Gasteiger partial charge is 0.323 e. The molecule has 9 heteroatoms. The van der Waals surface area contributed by atoms with Crippen LogP contribution < -0.4 is 15.7 Å². The number of hydrogen-bond acceptors (Lipinski definition) is 4. The smallest absolute Gasteiger partial charge is 0.322 e. The Bertz CT molecular complexity index is 1420. The minimum absolute atomic E-state index is 0.0411. The van der Waals surface area contributed by atoms with Crippen LogP contribution in [0.4, 0.5) is 11.4 Å². The Morgan fingerprint density at radius 3 is 2.39 bits per heavy atom. The highest BCUT2D eigenvalue weighted by molar-refractivity contribution is 7.92. The second kappa shape index (κ2) is 8.11. The number of amides is 1. The topological polar surface area (TPSA) is 124 Å². The van der Waals surface area contributed by atoms with Crippen molar-refractivity contribution in [1.29, 1.82) is 0 Å². The van der Waals surface area contributed by atoms with Gasteiger partial charge in [0.15, 0.2) is 0 Å². The predicted octanol–water partition coefficient (Wildman–Crippen LogP) is 3.47. The number of H-pyrrole nitrogens is 2. The van der Waals surface area contributed by atoms with Crippen LogP contribution in [0.3, 0.4) is 0 Å². The number of aromatic amines is 2. The molecule has 0 bridgehead atoms. The van der Waals surface area contributed by atoms with Gasteiger partial charge in [0, 0.05) is 5.69 Å². The van der Waals surface area contributed by atoms with Gasteiger partial charge in [-0.2, -0.15) is 0 Å². The summed E-state index contributed by atoms with van der Waals surface area (Å²) in [6.45, 7) is 2.04. The van der Waals surface area contributed by atoms with Gasteiger partial charge in [-0.25, -0.2) is 13.2 Å². The lowest BCUT2D eigenvalue weighted by Crippen LogP contribution is -2.18. The summed E-state index contributed by atoms with van der Waals surface area (Å²) in [5.41, 5.74) is 2.53. The number of carbonyl (C=O) groups is 1. The molecule has 0 saturated carbocycles. The van der Waals surface area contributed by atoms with Gasteiger partial charge >= 0.3 is 5.69 Å². The molecule has 4 N–H and O–H groups in total. The van der Waals surface area contributed by atoms with Crippen LogP contribution >= 0.6 is 0 Å². The van der Waals surface area contributed by atoms with Gasteiger partial charge in [-0.1, -0.05) is 31.2 Å². The number of sulfonamides is 1. The molecule has 31 heavy (non-hydrogen) atoms. The first kappa shape index (κ1) is 20.4. The van der Waals surface area contributed by atoms with Crippen molar-refractivity contribution in [3.8, 4) is 0 Å². The normalized spacial score (nSPS) is 11.4. The van der Waals surface area contributed by atoms with Crippen LogP contribution in [0.25, 0.3) is 11.0 Å². The lowest BCUT2D eigenvalue weighted by molar-refractivity contribution is 0.102. The average molecular weight is 436 g/mol. The molecular weight excluding hydrogens is 416 g/mol. The standard InChI is InChI=1S/C22H20N4O4S/c1-2-14-7-9-15(10-8-14)23-21(27)17-5-3-4-6-18(17)26-31(29,30)16-11-12-19-20(13-16)25-22(28)24-19/h3-13,26H,2H2,1H3,(H,23,27)(H2,24,25,28). The fraction of sp³-hybridized carbons (Fsp3) is 0.0909. The first-order valence-electron chi connectivity index (χ1n) is 9.60. The van der Waals surface area contributed by atoms with E-state index in [9.17, 15) is 18.0 Å². The highest BCUT2D eigenvalue weighted by Crippen LogP contribution is 2.23. The molecule has 158 valence electrons. The third kappa shape index (κ3) is 4.36. The number of nitrogens with one attached hydrogen (secondary N) is 4. The van der Waals surface area contributed by atoms with Crippen molar-refractivity contribution < 1.29 is 13.2 Å². The Morgan fingerprint density at radius 1 is 0.935 bits per heavy atom. The van der Waals surface area contributed by atoms with Crippen LogP contribution in [-0.2, 0) is 16.4 Å². The van der Waals surface area contributed by atoms with E-state index < -0.39 is 21.6 Å². The molecule has 1 aromatic heterocycles. The maximum Gasteiger partial charge on any atom is 0.323 e. The van der Waals surface area contributed by atoms with E-state index in [1.54, 1.807) is 30.3 Å². The van der Waals surface area contributed by atoms with E-state index in [2.05, 4.69) is 20.0 Å². The third-order valence-electron chi connectivity index (χ3n) is 4.83. The maximum absolute atomic E-state index is 12.9. The van der Waals surface area contributed by atoms with Crippen LogP contribution in [0.1, 0.15) is 22.8 Å². The number of aryl methyl sites for hydroxylation is 1. The van der Waals surface area contributed by atoms with Crippen LogP contribution in [0.15, 0.2) is 76.4 Å². The lowest BCUT2D eigenvalue weighted by Gasteiger charge is -2.13. The van der Waals surface area contributed by atoms with Gasteiger partial charge in [-0.05, 0) is 54.4 Å². The number of benzene rings is 3. The summed E-state index contributed by atoms with van der Waals surface area (Å²) in [6.07, 6.45) is 0.890. The van der Waals surface area contributed by atoms with Crippen LogP contribution in [0.2, 0.25) is 0 Å². The number of carbonyl (C=O) groups excluding carboxylic acids is 1. The van der Waals surface area contributed by atoms with E-state index in [1.165, 1.54) is 24.3 Å². The average Bonchev–Trinajstić information content (AvgIpc) is 3.13. The zero-order chi connectivity index (χ0) is 22.0. The Balaban J connectivity index is 1.60. The number of fused-ring (bicyclic) bond motifs is 1. The molecule has 4 rings (SSSR count). The summed E-state index contributed by atoms with van der Waals surface area (Å²) < 4.78 is 28.3. The molecule has 1 amide bonds. The van der Waals surface area contributed by atoms with E-state index in [0.29, 0.717) is 16.7 Å². The van der Waals surface area contributed by atoms with Crippen molar-refractivity contribution in [3.05, 3.63) is 88.3 Å². The van der Waals surface area contributed by atoms with Crippen molar-refractivity contribution in [2.45, 2.75) is 18.2 Å². The van der Waals surface area contributed by atoms with E-state index in [0.717, 1.165) is 12.0 Å². The molecule has 0 radical (unpaired) electrons. The summed E-state index contributed by atoms with van der Waals surface area (Å²) in [5.74, 6) is -0.437. The van der Waals surface area contributed by atoms with Gasteiger partial charge in [-0.3, -0.25) is 9.52 Å². The first-order valence-corrected chi connectivity index (χ1v) is 11.1. The molecular formula is C22H20N4O4S. The summed E-state index contributed by atoms with van der Waals surface area (Å²) in [7, 11) is -4.00. The van der Waals surface area contributed by atoms with E-state index in [-0.39, 0.29) is 16.1 Å². The van der Waals surface area contributed by atoms with Crippen molar-refractivity contribution in [1.82, 2.24) is 9.97 Å². The first-order chi connectivity index (χ1) is 14.9. The van der Waals surface area contributed by atoms with Gasteiger partial charge < -0.3 is 15.3 Å². The number of hydrogen-bond donors (Lipinski definition) is 4. The van der Waals surface area contributed by atoms with Crippen LogP contribution in [0.5, 0.6) is 0 Å². The molecule has 0 spiro atoms. The summed E-state index contributed by atoms with van der Waals surface area (Å²) in [6, 6.07) is 18.0. The summed E-state index contributed by atoms with van der Waals surface area (Å²) in [4.78, 5) is 29.3. The summed E-state index contributed by atoms with van der Waals surface area (Å²) in [5, 5.41) is 2.78. The van der Waals surface area contributed by atoms with Crippen LogP contribution in [0, 0.1) is 0 Å². The Morgan fingerprint density at radius 2 is 1.65 bits per heavy atom. The van der Waals surface area contributed by atoms with Crippen molar-refractivity contribution in [2.24, 2.45) is 0 Å². The highest BCUT2D eigenvalue weighted by Gasteiger charge is 2.19. The van der Waals surface area contributed by atoms with Gasteiger partial charge in [0.05, 0.1) is 27.2 Å². The molecule has 4 aromatic rings. The molecule has 8 nitrogen and oxygen atoms in total. The Labute approximate surface area is 178 Å². The SMILES string of the molecule is CCc1ccc(NC(=O)c2ccccc2NS(=O)(=O)c2ccc3[nH]c(=O)[nH]c3c2)cc1. The van der Waals surface area contributed by atoms with E-state index in [1.807, 2.05) is 19.1 Å². The minimum atomic E-state index is -4.00. The third-order valence-corrected chi connectivity index (χ3v) is 6.20. The quantitative estimate of drug-likeness (QED) is 0.369. The Kier molecular flexibility index (Phi) is 5.35. The second-order valence-electron chi connectivity index (χ2n) is 6.94. The van der Waals surface area contributed by atoms with Gasteiger partial charge in [0.2, 0.25) is 0 Å². The van der Waals surface area contributed by atoms with Crippen molar-refractivity contribution >= 4 is 38.3 Å². The zero-order valence-electron chi connectivity index (χ0n) is 16.6. The lowest BCUT2D eigenvalue weighted by atomic mass is 10.1. The van der Waals surface area contributed by atoms with Gasteiger partial charge in [0.1, 0.15) is 0 Å². The molecule has 0 fully saturated rings. The number of rotatable bonds is 6. The maximum atomic E-state index is 12.9. The molecule has 3 aromatic carbocycles. The zero-order valence-corrected chi connectivity index (χ0v) is 17.4. The fourth-order valence-electron chi connectivity index (χ4n) is 3.17. The van der Waals surface area contributed by atoms with Gasteiger partial charge in [0.25, 0.3) is 15.9 Å². The monoisotopic (exact) mass is 436 g/mol. The number of para-hydroxylation sites is 1. The molecule has 0 saturated heterocycles. The number of anilines is 2. The fourth-order valence-corrected chi connectivity index (χ4v) is 4.28. The molecule has 0 aliphatic rings. The van der Waals surface area contributed by atoms with E-state index >= 15 is 0 Å². The Hall–Kier alpha value is -3.85. The summed E-state index contributed by atoms with van der Waals surface area (Å²) >= 11 is 0. The van der Waals surface area contributed by atoms with E-state index in [4.69, 9.17) is 0 Å². The minimum Gasteiger partial charge on any atom is -0.322 e. The predicted molar refractivity (Wildman–Crippen MR) is 120 cm³/mol. The molecule has 0 aliphatic carbocycles. The second-order valence-corrected chi connectivity index (χ2v) is 8.62. The molecule has 0 unspecified atom stereocenters. The number of aromatic nitrogens is 2. The molecule has 0 atom stereocenters. The van der Waals surface area contributed by atoms with Crippen LogP contribution in [-0.4, -0.2) is 24.3 Å². The van der Waals surface area contributed by atoms with Crippen molar-refractivity contribution in [2.75, 3.05) is 10.0 Å². The number of imidazole rings is 1. The van der Waals surface area contributed by atoms with Crippen molar-refractivity contribution in [3.63, 3.8) is 0 Å².